The molecule has 0 aromatic heterocycles. The highest BCUT2D eigenvalue weighted by Gasteiger charge is 2.25. The van der Waals surface area contributed by atoms with Crippen molar-refractivity contribution in [3.8, 4) is 0 Å². The Balaban J connectivity index is 3.75. The lowest BCUT2D eigenvalue weighted by atomic mass is 11.8. The van der Waals surface area contributed by atoms with E-state index in [0.717, 1.165) is 0 Å². The van der Waals surface area contributed by atoms with Gasteiger partial charge >= 0.3 is 0 Å². The Morgan fingerprint density at radius 2 is 1.33 bits per heavy atom. The van der Waals surface area contributed by atoms with Crippen LogP contribution < -0.4 is 5.40 Å². The molecule has 2 N–H and O–H groups in total. The highest BCUT2D eigenvalue weighted by Crippen LogP contribution is 2.08. The molecule has 0 spiro atoms. The van der Waals surface area contributed by atoms with Crippen LogP contribution in [0.25, 0.3) is 0 Å². The summed E-state index contributed by atoms with van der Waals surface area (Å²) >= 11 is 0. The van der Waals surface area contributed by atoms with E-state index in [1.165, 1.54) is 0 Å². The summed E-state index contributed by atoms with van der Waals surface area (Å²) in [5, 5.41) is 5.77. The second kappa shape index (κ2) is 2.53. The largest absolute Gasteiger partial charge is 0.445 e. The highest BCUT2D eigenvalue weighted by molar-refractivity contribution is 6.82. The lowest BCUT2D eigenvalue weighted by Gasteiger charge is -2.27. The maximum Gasteiger partial charge on any atom is 0.249 e. The monoisotopic (exact) mass is 163 g/mol. The minimum absolute atomic E-state index is 1.36. The summed E-state index contributed by atoms with van der Waals surface area (Å²) in [4.78, 5) is 0. The van der Waals surface area contributed by atoms with Gasteiger partial charge in [-0.2, -0.15) is 0 Å². The first-order chi connectivity index (χ1) is 3.71. The number of hydrogen-bond donors (Lipinski definition) is 1. The average molecular weight is 163 g/mol. The zero-order valence-electron chi connectivity index (χ0n) is 6.99. The van der Waals surface area contributed by atoms with Gasteiger partial charge in [0.2, 0.25) is 8.48 Å². The van der Waals surface area contributed by atoms with Crippen LogP contribution in [-0.2, 0) is 4.12 Å². The summed E-state index contributed by atoms with van der Waals surface area (Å²) in [7, 11) is -3.09. The first kappa shape index (κ1) is 9.35. The van der Waals surface area contributed by atoms with Crippen molar-refractivity contribution < 1.29 is 4.12 Å². The van der Waals surface area contributed by atoms with Crippen LogP contribution in [0.15, 0.2) is 0 Å². The minimum atomic E-state index is -1.73. The van der Waals surface area contributed by atoms with Gasteiger partial charge in [-0.1, -0.05) is 0 Å². The molecule has 0 bridgehead atoms. The molecule has 0 unspecified atom stereocenters. The van der Waals surface area contributed by atoms with Crippen molar-refractivity contribution in [1.82, 2.24) is 0 Å². The minimum Gasteiger partial charge on any atom is -0.445 e. The summed E-state index contributed by atoms with van der Waals surface area (Å²) in [5.74, 6) is 0. The van der Waals surface area contributed by atoms with E-state index in [4.69, 9.17) is 9.51 Å². The van der Waals surface area contributed by atoms with Gasteiger partial charge in [0.1, 0.15) is 0 Å². The van der Waals surface area contributed by atoms with E-state index in [1.807, 2.05) is 13.1 Å². The fourth-order valence-electron chi connectivity index (χ4n) is 0.789. The van der Waals surface area contributed by atoms with Crippen molar-refractivity contribution in [2.75, 3.05) is 0 Å². The SMILES string of the molecule is C[Si](C)(C)O[Si](C)(C)N. The molecule has 0 aliphatic heterocycles. The molecule has 0 aliphatic carbocycles. The van der Waals surface area contributed by atoms with E-state index in [1.54, 1.807) is 0 Å². The van der Waals surface area contributed by atoms with E-state index in [0.29, 0.717) is 0 Å². The van der Waals surface area contributed by atoms with E-state index in [2.05, 4.69) is 19.6 Å². The second-order valence-electron chi connectivity index (χ2n) is 3.82. The quantitative estimate of drug-likeness (QED) is 0.626. The molecule has 56 valence electrons. The zero-order valence-corrected chi connectivity index (χ0v) is 8.99. The standard InChI is InChI=1S/C5H17NOSi2/c1-8(2,3)7-9(4,5)6/h6H2,1-5H3. The molecule has 0 rings (SSSR count). The van der Waals surface area contributed by atoms with Crippen LogP contribution in [0.3, 0.4) is 0 Å². The molecular formula is C5H17NOSi2. The Kier molecular flexibility index (Phi) is 2.63. The fraction of sp³-hybridized carbons (Fsp3) is 1.00. The van der Waals surface area contributed by atoms with Gasteiger partial charge in [-0.3, -0.25) is 0 Å². The molecule has 0 aromatic carbocycles. The van der Waals surface area contributed by atoms with Crippen molar-refractivity contribution in [3.05, 3.63) is 0 Å². The van der Waals surface area contributed by atoms with Crippen LogP contribution >= 0.6 is 0 Å². The normalized spacial score (nSPS) is 14.0. The second-order valence-corrected chi connectivity index (χ2v) is 12.1. The third kappa shape index (κ3) is 8.35. The Morgan fingerprint density at radius 1 is 1.00 bits per heavy atom. The topological polar surface area (TPSA) is 35.2 Å². The third-order valence-electron chi connectivity index (χ3n) is 0.569. The van der Waals surface area contributed by atoms with E-state index in [9.17, 15) is 0 Å². The Morgan fingerprint density at radius 3 is 1.33 bits per heavy atom. The van der Waals surface area contributed by atoms with Gasteiger partial charge in [0, 0.05) is 0 Å². The molecule has 0 saturated heterocycles. The summed E-state index contributed by atoms with van der Waals surface area (Å²) in [6.45, 7) is 10.5. The van der Waals surface area contributed by atoms with Gasteiger partial charge in [-0.15, -0.1) is 0 Å². The first-order valence-corrected chi connectivity index (χ1v) is 9.59. The van der Waals surface area contributed by atoms with Crippen LogP contribution in [0, 0.1) is 0 Å². The predicted molar refractivity (Wildman–Crippen MR) is 46.1 cm³/mol. The van der Waals surface area contributed by atoms with Gasteiger partial charge < -0.3 is 9.51 Å². The molecule has 0 fully saturated rings. The molecule has 9 heavy (non-hydrogen) atoms. The molecule has 0 amide bonds. The number of nitrogens with two attached hydrogens (primary N) is 1. The Labute approximate surface area is 59.7 Å². The maximum atomic E-state index is 5.77. The number of hydrogen-bond acceptors (Lipinski definition) is 2. The van der Waals surface area contributed by atoms with Crippen molar-refractivity contribution in [2.24, 2.45) is 5.40 Å². The van der Waals surface area contributed by atoms with E-state index < -0.39 is 16.8 Å². The summed E-state index contributed by atoms with van der Waals surface area (Å²) in [6, 6.07) is 0. The Bertz CT molecular complexity index is 80.1. The number of rotatable bonds is 2. The highest BCUT2D eigenvalue weighted by atomic mass is 28.4. The van der Waals surface area contributed by atoms with Crippen LogP contribution in [0.4, 0.5) is 0 Å². The molecule has 0 aliphatic rings. The van der Waals surface area contributed by atoms with Crippen LogP contribution in [0.5, 0.6) is 0 Å². The molecule has 2 nitrogen and oxygen atoms in total. The van der Waals surface area contributed by atoms with Crippen molar-refractivity contribution in [3.63, 3.8) is 0 Å². The summed E-state index contributed by atoms with van der Waals surface area (Å²) in [6.07, 6.45) is 0. The molecule has 0 heterocycles. The van der Waals surface area contributed by atoms with Gasteiger partial charge in [-0.05, 0) is 32.7 Å². The van der Waals surface area contributed by atoms with Crippen LogP contribution in [-0.4, -0.2) is 16.8 Å². The van der Waals surface area contributed by atoms with Crippen LogP contribution in [0.1, 0.15) is 0 Å². The molecule has 0 saturated carbocycles. The summed E-state index contributed by atoms with van der Waals surface area (Å²) in [5.41, 5.74) is 0. The predicted octanol–water partition coefficient (Wildman–Crippen LogP) is 1.50. The van der Waals surface area contributed by atoms with E-state index in [-0.39, 0.29) is 0 Å². The molecule has 0 aromatic rings. The van der Waals surface area contributed by atoms with Crippen LogP contribution in [0.2, 0.25) is 32.7 Å². The van der Waals surface area contributed by atoms with Gasteiger partial charge in [-0.25, -0.2) is 0 Å². The smallest absolute Gasteiger partial charge is 0.249 e. The lowest BCUT2D eigenvalue weighted by Crippen LogP contribution is -2.49. The average Bonchev–Trinajstić information content (AvgIpc) is 1.14. The Hall–Kier alpha value is 0.354. The van der Waals surface area contributed by atoms with Gasteiger partial charge in [0.05, 0.1) is 0 Å². The maximum absolute atomic E-state index is 5.77. The lowest BCUT2D eigenvalue weighted by molar-refractivity contribution is 0.552. The van der Waals surface area contributed by atoms with Crippen molar-refractivity contribution in [1.29, 1.82) is 0 Å². The van der Waals surface area contributed by atoms with Crippen molar-refractivity contribution >= 4 is 16.8 Å². The van der Waals surface area contributed by atoms with Gasteiger partial charge in [0.25, 0.3) is 0 Å². The van der Waals surface area contributed by atoms with Gasteiger partial charge in [0.15, 0.2) is 8.32 Å². The molecule has 0 atom stereocenters. The van der Waals surface area contributed by atoms with Crippen molar-refractivity contribution in [2.45, 2.75) is 32.7 Å². The van der Waals surface area contributed by atoms with E-state index >= 15 is 0 Å². The molecular weight excluding hydrogens is 146 g/mol. The summed E-state index contributed by atoms with van der Waals surface area (Å²) < 4.78 is 5.68. The first-order valence-electron chi connectivity index (χ1n) is 3.20. The fourth-order valence-corrected chi connectivity index (χ4v) is 7.10. The third-order valence-corrected chi connectivity index (χ3v) is 5.12. The molecule has 4 heteroatoms. The zero-order chi connectivity index (χ0) is 7.71. The molecule has 0 radical (unpaired) electrons.